The van der Waals surface area contributed by atoms with Gasteiger partial charge in [0.05, 0.1) is 11.9 Å². The summed E-state index contributed by atoms with van der Waals surface area (Å²) < 4.78 is 1.93. The van der Waals surface area contributed by atoms with Gasteiger partial charge in [-0.3, -0.25) is 4.79 Å². The molecule has 0 saturated heterocycles. The molecule has 2 rings (SSSR count). The Morgan fingerprint density at radius 3 is 2.88 bits per heavy atom. The van der Waals surface area contributed by atoms with Crippen molar-refractivity contribution in [3.05, 3.63) is 48.0 Å². The number of carbonyl (C=O) groups excluding carboxylic acids is 1. The first-order valence-electron chi connectivity index (χ1n) is 5.26. The van der Waals surface area contributed by atoms with Gasteiger partial charge in [0.2, 0.25) is 0 Å². The van der Waals surface area contributed by atoms with Gasteiger partial charge in [0.15, 0.2) is 0 Å². The normalized spacial score (nSPS) is 10.2. The number of pyridine rings is 1. The Bertz CT molecular complexity index is 516. The fourth-order valence-corrected chi connectivity index (χ4v) is 1.48. The van der Waals surface area contributed by atoms with E-state index in [0.29, 0.717) is 17.9 Å². The highest BCUT2D eigenvalue weighted by Gasteiger charge is 2.06. The van der Waals surface area contributed by atoms with Crippen molar-refractivity contribution in [1.82, 2.24) is 14.9 Å². The fourth-order valence-electron chi connectivity index (χ4n) is 1.48. The molecule has 0 unspecified atom stereocenters. The maximum absolute atomic E-state index is 11.7. The summed E-state index contributed by atoms with van der Waals surface area (Å²) in [6.07, 6.45) is 5.36. The Balaban J connectivity index is 1.95. The van der Waals surface area contributed by atoms with Crippen LogP contribution in [0, 0.1) is 0 Å². The molecule has 0 aliphatic carbocycles. The minimum atomic E-state index is -0.200. The number of rotatable bonds is 3. The van der Waals surface area contributed by atoms with Gasteiger partial charge in [-0.25, -0.2) is 4.98 Å². The summed E-state index contributed by atoms with van der Waals surface area (Å²) in [4.78, 5) is 15.7. The largest absolute Gasteiger partial charge is 0.397 e. The van der Waals surface area contributed by atoms with Gasteiger partial charge in [0.1, 0.15) is 5.69 Å². The van der Waals surface area contributed by atoms with Crippen molar-refractivity contribution in [1.29, 1.82) is 0 Å². The van der Waals surface area contributed by atoms with E-state index in [1.807, 2.05) is 30.1 Å². The molecule has 0 aromatic carbocycles. The van der Waals surface area contributed by atoms with Gasteiger partial charge in [0.25, 0.3) is 5.91 Å². The molecule has 0 bridgehead atoms. The lowest BCUT2D eigenvalue weighted by molar-refractivity contribution is 0.0946. The number of hydrogen-bond donors (Lipinski definition) is 2. The van der Waals surface area contributed by atoms with Crippen LogP contribution in [0.25, 0.3) is 0 Å². The molecule has 5 nitrogen and oxygen atoms in total. The molecular weight excluding hydrogens is 216 g/mol. The van der Waals surface area contributed by atoms with E-state index in [1.165, 1.54) is 6.20 Å². The minimum Gasteiger partial charge on any atom is -0.397 e. The first-order chi connectivity index (χ1) is 8.15. The lowest BCUT2D eigenvalue weighted by Gasteiger charge is -2.03. The highest BCUT2D eigenvalue weighted by atomic mass is 16.1. The van der Waals surface area contributed by atoms with Crippen LogP contribution < -0.4 is 11.1 Å². The van der Waals surface area contributed by atoms with Gasteiger partial charge in [0, 0.05) is 26.0 Å². The molecule has 0 aliphatic heterocycles. The molecule has 2 heterocycles. The molecule has 2 aromatic heterocycles. The van der Waals surface area contributed by atoms with Crippen LogP contribution in [0.2, 0.25) is 0 Å². The number of nitrogens with zero attached hydrogens (tertiary/aromatic N) is 2. The van der Waals surface area contributed by atoms with E-state index in [9.17, 15) is 4.79 Å². The molecule has 0 fully saturated rings. The third-order valence-corrected chi connectivity index (χ3v) is 2.37. The Labute approximate surface area is 99.3 Å². The molecule has 88 valence electrons. The lowest BCUT2D eigenvalue weighted by Crippen LogP contribution is -2.23. The number of nitrogen functional groups attached to an aromatic ring is 1. The average molecular weight is 230 g/mol. The Morgan fingerprint density at radius 2 is 2.29 bits per heavy atom. The van der Waals surface area contributed by atoms with Gasteiger partial charge in [-0.15, -0.1) is 0 Å². The fraction of sp³-hybridized carbons (Fsp3) is 0.167. The number of nitrogens with two attached hydrogens (primary N) is 1. The summed E-state index contributed by atoms with van der Waals surface area (Å²) >= 11 is 0. The van der Waals surface area contributed by atoms with E-state index in [-0.39, 0.29) is 5.91 Å². The van der Waals surface area contributed by atoms with E-state index in [4.69, 9.17) is 5.73 Å². The molecule has 1 amide bonds. The van der Waals surface area contributed by atoms with Crippen LogP contribution >= 0.6 is 0 Å². The van der Waals surface area contributed by atoms with Crippen LogP contribution in [0.1, 0.15) is 16.1 Å². The van der Waals surface area contributed by atoms with Crippen molar-refractivity contribution in [3.63, 3.8) is 0 Å². The standard InChI is InChI=1S/C12H14N4O/c1-16-5-4-9(8-16)6-15-12(17)11-3-2-10(13)7-14-11/h2-5,7-8H,6,13H2,1H3,(H,15,17). The zero-order valence-electron chi connectivity index (χ0n) is 9.55. The molecule has 0 aliphatic rings. The molecule has 0 atom stereocenters. The summed E-state index contributed by atoms with van der Waals surface area (Å²) in [5, 5.41) is 2.79. The van der Waals surface area contributed by atoms with Crippen LogP contribution in [-0.4, -0.2) is 15.5 Å². The minimum absolute atomic E-state index is 0.200. The number of anilines is 1. The topological polar surface area (TPSA) is 72.9 Å². The summed E-state index contributed by atoms with van der Waals surface area (Å²) in [5.74, 6) is -0.200. The highest BCUT2D eigenvalue weighted by Crippen LogP contribution is 2.02. The van der Waals surface area contributed by atoms with Crippen molar-refractivity contribution < 1.29 is 4.79 Å². The van der Waals surface area contributed by atoms with Crippen LogP contribution in [-0.2, 0) is 13.6 Å². The molecule has 5 heteroatoms. The van der Waals surface area contributed by atoms with E-state index >= 15 is 0 Å². The monoisotopic (exact) mass is 230 g/mol. The summed E-state index contributed by atoms with van der Waals surface area (Å²) in [5.41, 5.74) is 7.47. The van der Waals surface area contributed by atoms with Crippen LogP contribution in [0.5, 0.6) is 0 Å². The number of aryl methyl sites for hydroxylation is 1. The van der Waals surface area contributed by atoms with Gasteiger partial charge in [-0.05, 0) is 23.8 Å². The van der Waals surface area contributed by atoms with E-state index in [1.54, 1.807) is 12.1 Å². The van der Waals surface area contributed by atoms with Crippen molar-refractivity contribution in [2.24, 2.45) is 7.05 Å². The summed E-state index contributed by atoms with van der Waals surface area (Å²) in [7, 11) is 1.94. The van der Waals surface area contributed by atoms with Crippen LogP contribution in [0.15, 0.2) is 36.8 Å². The van der Waals surface area contributed by atoms with Crippen LogP contribution in [0.4, 0.5) is 5.69 Å². The smallest absolute Gasteiger partial charge is 0.270 e. The van der Waals surface area contributed by atoms with E-state index in [2.05, 4.69) is 10.3 Å². The quantitative estimate of drug-likeness (QED) is 0.824. The first-order valence-corrected chi connectivity index (χ1v) is 5.26. The molecule has 17 heavy (non-hydrogen) atoms. The van der Waals surface area contributed by atoms with Gasteiger partial charge < -0.3 is 15.6 Å². The highest BCUT2D eigenvalue weighted by molar-refractivity contribution is 5.92. The van der Waals surface area contributed by atoms with E-state index in [0.717, 1.165) is 5.56 Å². The number of hydrogen-bond acceptors (Lipinski definition) is 3. The van der Waals surface area contributed by atoms with Crippen molar-refractivity contribution in [2.45, 2.75) is 6.54 Å². The first kappa shape index (κ1) is 11.2. The van der Waals surface area contributed by atoms with Gasteiger partial charge in [-0.2, -0.15) is 0 Å². The summed E-state index contributed by atoms with van der Waals surface area (Å²) in [6, 6.07) is 5.22. The van der Waals surface area contributed by atoms with Crippen molar-refractivity contribution in [2.75, 3.05) is 5.73 Å². The number of carbonyl (C=O) groups is 1. The lowest BCUT2D eigenvalue weighted by atomic mass is 10.3. The van der Waals surface area contributed by atoms with E-state index < -0.39 is 0 Å². The van der Waals surface area contributed by atoms with Crippen molar-refractivity contribution in [3.8, 4) is 0 Å². The number of nitrogens with one attached hydrogen (secondary N) is 1. The average Bonchev–Trinajstić information content (AvgIpc) is 2.73. The second-order valence-corrected chi connectivity index (χ2v) is 3.84. The predicted molar refractivity (Wildman–Crippen MR) is 65.2 cm³/mol. The molecule has 3 N–H and O–H groups in total. The third-order valence-electron chi connectivity index (χ3n) is 2.37. The molecular formula is C12H14N4O. The molecule has 2 aromatic rings. The van der Waals surface area contributed by atoms with Gasteiger partial charge >= 0.3 is 0 Å². The maximum atomic E-state index is 11.7. The third kappa shape index (κ3) is 2.84. The zero-order chi connectivity index (χ0) is 12.3. The zero-order valence-corrected chi connectivity index (χ0v) is 9.55. The second kappa shape index (κ2) is 4.69. The summed E-state index contributed by atoms with van der Waals surface area (Å²) in [6.45, 7) is 0.492. The van der Waals surface area contributed by atoms with Crippen LogP contribution in [0.3, 0.4) is 0 Å². The Kier molecular flexibility index (Phi) is 3.09. The molecule has 0 radical (unpaired) electrons. The Morgan fingerprint density at radius 1 is 1.47 bits per heavy atom. The van der Waals surface area contributed by atoms with Crippen molar-refractivity contribution >= 4 is 11.6 Å². The second-order valence-electron chi connectivity index (χ2n) is 3.84. The Hall–Kier alpha value is -2.30. The van der Waals surface area contributed by atoms with Gasteiger partial charge in [-0.1, -0.05) is 0 Å². The SMILES string of the molecule is Cn1ccc(CNC(=O)c2ccc(N)cn2)c1. The predicted octanol–water partition coefficient (Wildman–Crippen LogP) is 0.932. The maximum Gasteiger partial charge on any atom is 0.270 e. The number of amides is 1. The molecule has 0 saturated carbocycles. The molecule has 0 spiro atoms. The number of aromatic nitrogens is 2.